The zero-order valence-corrected chi connectivity index (χ0v) is 15.5. The van der Waals surface area contributed by atoms with Crippen molar-refractivity contribution in [3.8, 4) is 0 Å². The molecular formula is C20H30N2O2. The quantitative estimate of drug-likeness (QED) is 0.749. The lowest BCUT2D eigenvalue weighted by Gasteiger charge is -2.33. The molecule has 0 aliphatic rings. The third-order valence-corrected chi connectivity index (χ3v) is 3.96. The molecule has 0 heterocycles. The second-order valence-corrected chi connectivity index (χ2v) is 7.60. The van der Waals surface area contributed by atoms with Crippen LogP contribution in [0.5, 0.6) is 0 Å². The minimum Gasteiger partial charge on any atom is -0.349 e. The van der Waals surface area contributed by atoms with Crippen LogP contribution in [0.2, 0.25) is 0 Å². The molecule has 4 heteroatoms. The maximum atomic E-state index is 12.8. The molecule has 0 saturated heterocycles. The monoisotopic (exact) mass is 330 g/mol. The Morgan fingerprint density at radius 2 is 1.83 bits per heavy atom. The van der Waals surface area contributed by atoms with Gasteiger partial charge in [0.05, 0.1) is 0 Å². The van der Waals surface area contributed by atoms with Gasteiger partial charge in [0.25, 0.3) is 5.91 Å². The minimum absolute atomic E-state index is 0.0219. The Hall–Kier alpha value is -2.10. The molecule has 1 aromatic carbocycles. The molecule has 0 aliphatic heterocycles. The molecule has 0 saturated carbocycles. The van der Waals surface area contributed by atoms with Gasteiger partial charge in [0, 0.05) is 18.2 Å². The first kappa shape index (κ1) is 19.9. The van der Waals surface area contributed by atoms with E-state index in [0.717, 1.165) is 12.0 Å². The van der Waals surface area contributed by atoms with Crippen molar-refractivity contribution < 1.29 is 9.59 Å². The van der Waals surface area contributed by atoms with Gasteiger partial charge < -0.3 is 10.6 Å². The summed E-state index contributed by atoms with van der Waals surface area (Å²) < 4.78 is 0. The molecule has 1 unspecified atom stereocenters. The van der Waals surface area contributed by atoms with Crippen molar-refractivity contribution in [3.05, 3.63) is 48.0 Å². The molecular weight excluding hydrogens is 300 g/mol. The van der Waals surface area contributed by atoms with Gasteiger partial charge in [0.15, 0.2) is 0 Å². The summed E-state index contributed by atoms with van der Waals surface area (Å²) in [6, 6.07) is 7.43. The van der Waals surface area contributed by atoms with Crippen LogP contribution in [0, 0.1) is 11.3 Å². The van der Waals surface area contributed by atoms with E-state index in [9.17, 15) is 9.59 Å². The Bertz CT molecular complexity index is 586. The normalized spacial score (nSPS) is 12.6. The molecule has 2 N–H and O–H groups in total. The van der Waals surface area contributed by atoms with E-state index in [1.54, 1.807) is 6.07 Å². The predicted molar refractivity (Wildman–Crippen MR) is 98.6 cm³/mol. The second-order valence-electron chi connectivity index (χ2n) is 7.60. The number of hydrogen-bond acceptors (Lipinski definition) is 2. The SMILES string of the molecule is C=CC(=O)NCc1ccccc1C(=O)NC(CC(C)C)C(C)(C)C. The Labute approximate surface area is 145 Å². The summed E-state index contributed by atoms with van der Waals surface area (Å²) in [5.74, 6) is 0.147. The lowest BCUT2D eigenvalue weighted by molar-refractivity contribution is -0.116. The van der Waals surface area contributed by atoms with Gasteiger partial charge in [0.1, 0.15) is 0 Å². The number of amides is 2. The standard InChI is InChI=1S/C20H30N2O2/c1-7-18(23)21-13-15-10-8-9-11-16(15)19(24)22-17(12-14(2)3)20(4,5)6/h7-11,14,17H,1,12-13H2,2-6H3,(H,21,23)(H,22,24). The molecule has 24 heavy (non-hydrogen) atoms. The molecule has 0 aromatic heterocycles. The fourth-order valence-electron chi connectivity index (χ4n) is 2.49. The lowest BCUT2D eigenvalue weighted by atomic mass is 9.82. The second kappa shape index (κ2) is 8.67. The van der Waals surface area contributed by atoms with Crippen LogP contribution in [0.4, 0.5) is 0 Å². The molecule has 1 rings (SSSR count). The van der Waals surface area contributed by atoms with E-state index in [4.69, 9.17) is 0 Å². The molecule has 1 aromatic rings. The van der Waals surface area contributed by atoms with Crippen LogP contribution in [0.15, 0.2) is 36.9 Å². The third kappa shape index (κ3) is 6.19. The van der Waals surface area contributed by atoms with Gasteiger partial charge in [-0.3, -0.25) is 9.59 Å². The first-order valence-corrected chi connectivity index (χ1v) is 8.44. The Morgan fingerprint density at radius 1 is 1.21 bits per heavy atom. The van der Waals surface area contributed by atoms with Gasteiger partial charge in [-0.15, -0.1) is 0 Å². The van der Waals surface area contributed by atoms with E-state index >= 15 is 0 Å². The first-order valence-electron chi connectivity index (χ1n) is 8.44. The minimum atomic E-state index is -0.252. The van der Waals surface area contributed by atoms with E-state index in [0.29, 0.717) is 18.0 Å². The maximum Gasteiger partial charge on any atom is 0.251 e. The molecule has 0 radical (unpaired) electrons. The van der Waals surface area contributed by atoms with E-state index in [1.165, 1.54) is 6.08 Å². The van der Waals surface area contributed by atoms with Crippen LogP contribution >= 0.6 is 0 Å². The van der Waals surface area contributed by atoms with E-state index in [2.05, 4.69) is 51.8 Å². The van der Waals surface area contributed by atoms with Gasteiger partial charge in [-0.25, -0.2) is 0 Å². The van der Waals surface area contributed by atoms with Crippen LogP contribution in [-0.4, -0.2) is 17.9 Å². The highest BCUT2D eigenvalue weighted by atomic mass is 16.2. The maximum absolute atomic E-state index is 12.8. The average Bonchev–Trinajstić information content (AvgIpc) is 2.50. The summed E-state index contributed by atoms with van der Waals surface area (Å²) in [5, 5.41) is 5.90. The largest absolute Gasteiger partial charge is 0.349 e. The van der Waals surface area contributed by atoms with E-state index in [-0.39, 0.29) is 23.3 Å². The van der Waals surface area contributed by atoms with Crippen molar-refractivity contribution in [2.24, 2.45) is 11.3 Å². The molecule has 0 spiro atoms. The molecule has 1 atom stereocenters. The number of hydrogen-bond donors (Lipinski definition) is 2. The van der Waals surface area contributed by atoms with E-state index < -0.39 is 0 Å². The molecule has 0 aliphatic carbocycles. The topological polar surface area (TPSA) is 58.2 Å². The van der Waals surface area contributed by atoms with Crippen molar-refractivity contribution in [3.63, 3.8) is 0 Å². The van der Waals surface area contributed by atoms with Crippen molar-refractivity contribution in [2.45, 2.75) is 53.6 Å². The molecule has 0 fully saturated rings. The van der Waals surface area contributed by atoms with Gasteiger partial charge in [-0.1, -0.05) is 59.4 Å². The van der Waals surface area contributed by atoms with Gasteiger partial charge in [-0.05, 0) is 35.5 Å². The molecule has 132 valence electrons. The Kier molecular flexibility index (Phi) is 7.20. The third-order valence-electron chi connectivity index (χ3n) is 3.96. The van der Waals surface area contributed by atoms with Crippen LogP contribution in [0.3, 0.4) is 0 Å². The Balaban J connectivity index is 2.93. The highest BCUT2D eigenvalue weighted by Gasteiger charge is 2.27. The zero-order chi connectivity index (χ0) is 18.3. The predicted octanol–water partition coefficient (Wildman–Crippen LogP) is 3.68. The van der Waals surface area contributed by atoms with Gasteiger partial charge >= 0.3 is 0 Å². The lowest BCUT2D eigenvalue weighted by Crippen LogP contribution is -2.44. The summed E-state index contributed by atoms with van der Waals surface area (Å²) in [6.45, 7) is 14.5. The number of carbonyl (C=O) groups is 2. The van der Waals surface area contributed by atoms with Crippen LogP contribution in [0.1, 0.15) is 57.0 Å². The van der Waals surface area contributed by atoms with Crippen molar-refractivity contribution >= 4 is 11.8 Å². The summed E-state index contributed by atoms with van der Waals surface area (Å²) in [4.78, 5) is 24.1. The number of carbonyl (C=O) groups excluding carboxylic acids is 2. The molecule has 0 bridgehead atoms. The van der Waals surface area contributed by atoms with Crippen LogP contribution in [0.25, 0.3) is 0 Å². The van der Waals surface area contributed by atoms with Crippen LogP contribution in [-0.2, 0) is 11.3 Å². The van der Waals surface area contributed by atoms with Crippen molar-refractivity contribution in [1.29, 1.82) is 0 Å². The van der Waals surface area contributed by atoms with E-state index in [1.807, 2.05) is 18.2 Å². The molecule has 4 nitrogen and oxygen atoms in total. The average molecular weight is 330 g/mol. The smallest absolute Gasteiger partial charge is 0.251 e. The summed E-state index contributed by atoms with van der Waals surface area (Å²) in [5.41, 5.74) is 1.37. The fourth-order valence-corrected chi connectivity index (χ4v) is 2.49. The Morgan fingerprint density at radius 3 is 2.38 bits per heavy atom. The van der Waals surface area contributed by atoms with Gasteiger partial charge in [-0.2, -0.15) is 0 Å². The summed E-state index contributed by atoms with van der Waals surface area (Å²) >= 11 is 0. The molecule has 2 amide bonds. The zero-order valence-electron chi connectivity index (χ0n) is 15.5. The highest BCUT2D eigenvalue weighted by molar-refractivity contribution is 5.96. The first-order chi connectivity index (χ1) is 11.1. The number of nitrogens with one attached hydrogen (secondary N) is 2. The number of rotatable bonds is 7. The number of benzene rings is 1. The highest BCUT2D eigenvalue weighted by Crippen LogP contribution is 2.25. The van der Waals surface area contributed by atoms with Crippen molar-refractivity contribution in [2.75, 3.05) is 0 Å². The summed E-state index contributed by atoms with van der Waals surface area (Å²) in [6.07, 6.45) is 2.14. The fraction of sp³-hybridized carbons (Fsp3) is 0.500. The summed E-state index contributed by atoms with van der Waals surface area (Å²) in [7, 11) is 0. The van der Waals surface area contributed by atoms with Gasteiger partial charge in [0.2, 0.25) is 5.91 Å². The van der Waals surface area contributed by atoms with Crippen molar-refractivity contribution in [1.82, 2.24) is 10.6 Å². The van der Waals surface area contributed by atoms with Crippen LogP contribution < -0.4 is 10.6 Å².